The molecule has 17 heavy (non-hydrogen) atoms. The summed E-state index contributed by atoms with van der Waals surface area (Å²) in [6.45, 7) is 4.40. The zero-order valence-corrected chi connectivity index (χ0v) is 11.0. The van der Waals surface area contributed by atoms with Crippen LogP contribution in [0.1, 0.15) is 38.4 Å². The Morgan fingerprint density at radius 2 is 2.41 bits per heavy atom. The fourth-order valence-electron chi connectivity index (χ4n) is 2.52. The van der Waals surface area contributed by atoms with Gasteiger partial charge in [0.15, 0.2) is 0 Å². The maximum Gasteiger partial charge on any atom is 0.117 e. The molecule has 2 heterocycles. The minimum Gasteiger partial charge on any atom is -0.468 e. The Morgan fingerprint density at radius 1 is 1.53 bits per heavy atom. The molecule has 0 bridgehead atoms. The maximum atomic E-state index is 5.39. The Bertz CT molecular complexity index is 304. The second-order valence-corrected chi connectivity index (χ2v) is 5.23. The topological polar surface area (TPSA) is 28.4 Å². The normalized spacial score (nSPS) is 22.9. The van der Waals surface area contributed by atoms with Crippen LogP contribution in [0.3, 0.4) is 0 Å². The van der Waals surface area contributed by atoms with Crippen molar-refractivity contribution in [3.8, 4) is 0 Å². The highest BCUT2D eigenvalue weighted by molar-refractivity contribution is 4.98. The number of piperidine rings is 1. The Balaban J connectivity index is 1.76. The van der Waals surface area contributed by atoms with Crippen LogP contribution in [0.5, 0.6) is 0 Å². The molecule has 1 fully saturated rings. The van der Waals surface area contributed by atoms with Gasteiger partial charge in [0.1, 0.15) is 5.76 Å². The van der Waals surface area contributed by atoms with E-state index in [0.29, 0.717) is 12.1 Å². The van der Waals surface area contributed by atoms with Gasteiger partial charge in [-0.05, 0) is 51.9 Å². The number of furan rings is 1. The summed E-state index contributed by atoms with van der Waals surface area (Å²) in [5.41, 5.74) is 0. The molecule has 2 unspecified atom stereocenters. The fraction of sp³-hybridized carbons (Fsp3) is 0.714. The van der Waals surface area contributed by atoms with Gasteiger partial charge < -0.3 is 9.73 Å². The molecule has 2 rings (SSSR count). The first-order valence-corrected chi connectivity index (χ1v) is 6.71. The van der Waals surface area contributed by atoms with Gasteiger partial charge in [0, 0.05) is 12.1 Å². The molecule has 1 aromatic heterocycles. The molecular weight excluding hydrogens is 212 g/mol. The van der Waals surface area contributed by atoms with Gasteiger partial charge in [-0.1, -0.05) is 6.42 Å². The molecular formula is C14H24N2O. The molecule has 1 aliphatic heterocycles. The second kappa shape index (κ2) is 6.22. The van der Waals surface area contributed by atoms with Crippen LogP contribution in [0, 0.1) is 0 Å². The second-order valence-electron chi connectivity index (χ2n) is 5.23. The third-order valence-corrected chi connectivity index (χ3v) is 3.78. The van der Waals surface area contributed by atoms with E-state index >= 15 is 0 Å². The summed E-state index contributed by atoms with van der Waals surface area (Å²) < 4.78 is 5.39. The van der Waals surface area contributed by atoms with Crippen LogP contribution < -0.4 is 5.32 Å². The summed E-state index contributed by atoms with van der Waals surface area (Å²) >= 11 is 0. The van der Waals surface area contributed by atoms with Gasteiger partial charge in [-0.2, -0.15) is 0 Å². The Kier molecular flexibility index (Phi) is 4.63. The minimum absolute atomic E-state index is 0.593. The zero-order chi connectivity index (χ0) is 12.1. The molecule has 0 spiro atoms. The van der Waals surface area contributed by atoms with Crippen LogP contribution in [0.2, 0.25) is 0 Å². The predicted octanol–water partition coefficient (Wildman–Crippen LogP) is 2.63. The molecule has 0 amide bonds. The minimum atomic E-state index is 0.593. The lowest BCUT2D eigenvalue weighted by Crippen LogP contribution is -2.40. The van der Waals surface area contributed by atoms with Gasteiger partial charge >= 0.3 is 0 Å². The first kappa shape index (κ1) is 12.7. The lowest BCUT2D eigenvalue weighted by molar-refractivity contribution is 0.196. The number of nitrogens with one attached hydrogen (secondary N) is 1. The van der Waals surface area contributed by atoms with Crippen molar-refractivity contribution in [2.75, 3.05) is 13.6 Å². The quantitative estimate of drug-likeness (QED) is 0.852. The smallest absolute Gasteiger partial charge is 0.117 e. The highest BCUT2D eigenvalue weighted by Gasteiger charge is 2.18. The lowest BCUT2D eigenvalue weighted by Gasteiger charge is -2.30. The van der Waals surface area contributed by atoms with Crippen molar-refractivity contribution in [3.63, 3.8) is 0 Å². The zero-order valence-electron chi connectivity index (χ0n) is 11.0. The Labute approximate surface area is 104 Å². The Hall–Kier alpha value is -0.800. The van der Waals surface area contributed by atoms with Gasteiger partial charge in [-0.25, -0.2) is 0 Å². The van der Waals surface area contributed by atoms with Crippen LogP contribution in [0.4, 0.5) is 0 Å². The molecule has 0 aliphatic carbocycles. The van der Waals surface area contributed by atoms with Gasteiger partial charge in [0.2, 0.25) is 0 Å². The molecule has 0 aromatic carbocycles. The van der Waals surface area contributed by atoms with Crippen molar-refractivity contribution in [2.24, 2.45) is 0 Å². The molecule has 1 saturated heterocycles. The number of rotatable bonds is 5. The first-order chi connectivity index (χ1) is 8.25. The molecule has 1 N–H and O–H groups in total. The van der Waals surface area contributed by atoms with Crippen LogP contribution in [-0.4, -0.2) is 30.6 Å². The maximum absolute atomic E-state index is 5.39. The van der Waals surface area contributed by atoms with E-state index in [1.165, 1.54) is 32.2 Å². The summed E-state index contributed by atoms with van der Waals surface area (Å²) in [4.78, 5) is 2.37. The van der Waals surface area contributed by atoms with Gasteiger partial charge in [0.05, 0.1) is 12.8 Å². The summed E-state index contributed by atoms with van der Waals surface area (Å²) in [6, 6.07) is 5.30. The van der Waals surface area contributed by atoms with Gasteiger partial charge in [-0.15, -0.1) is 0 Å². The van der Waals surface area contributed by atoms with Crippen molar-refractivity contribution in [2.45, 2.75) is 51.2 Å². The summed E-state index contributed by atoms with van der Waals surface area (Å²) in [7, 11) is 2.18. The highest BCUT2D eigenvalue weighted by atomic mass is 16.3. The molecule has 1 aromatic rings. The molecule has 0 radical (unpaired) electrons. The monoisotopic (exact) mass is 236 g/mol. The van der Waals surface area contributed by atoms with Crippen molar-refractivity contribution in [3.05, 3.63) is 24.2 Å². The largest absolute Gasteiger partial charge is 0.468 e. The first-order valence-electron chi connectivity index (χ1n) is 6.71. The molecule has 3 heteroatoms. The van der Waals surface area contributed by atoms with E-state index in [1.807, 2.05) is 12.1 Å². The highest BCUT2D eigenvalue weighted by Crippen LogP contribution is 2.16. The SMILES string of the molecule is CC(CC1CCCCN1)N(C)Cc1ccco1. The van der Waals surface area contributed by atoms with E-state index in [4.69, 9.17) is 4.42 Å². The molecule has 2 atom stereocenters. The van der Waals surface area contributed by atoms with E-state index in [-0.39, 0.29) is 0 Å². The van der Waals surface area contributed by atoms with Crippen molar-refractivity contribution >= 4 is 0 Å². The van der Waals surface area contributed by atoms with Gasteiger partial charge in [0.25, 0.3) is 0 Å². The van der Waals surface area contributed by atoms with Crippen molar-refractivity contribution < 1.29 is 4.42 Å². The third-order valence-electron chi connectivity index (χ3n) is 3.78. The van der Waals surface area contributed by atoms with Crippen molar-refractivity contribution in [1.29, 1.82) is 0 Å². The van der Waals surface area contributed by atoms with Crippen molar-refractivity contribution in [1.82, 2.24) is 10.2 Å². The van der Waals surface area contributed by atoms with Crippen LogP contribution in [-0.2, 0) is 6.54 Å². The van der Waals surface area contributed by atoms with E-state index in [2.05, 4.69) is 24.2 Å². The molecule has 96 valence electrons. The van der Waals surface area contributed by atoms with Crippen LogP contribution >= 0.6 is 0 Å². The predicted molar refractivity (Wildman–Crippen MR) is 69.9 cm³/mol. The number of nitrogens with zero attached hydrogens (tertiary/aromatic N) is 1. The van der Waals surface area contributed by atoms with Gasteiger partial charge in [-0.3, -0.25) is 4.90 Å². The van der Waals surface area contributed by atoms with Crippen LogP contribution in [0.25, 0.3) is 0 Å². The molecule has 0 saturated carbocycles. The average Bonchev–Trinajstić information content (AvgIpc) is 2.83. The molecule has 1 aliphatic rings. The molecule has 3 nitrogen and oxygen atoms in total. The summed E-state index contributed by atoms with van der Waals surface area (Å²) in [5, 5.41) is 3.61. The van der Waals surface area contributed by atoms with E-state index in [1.54, 1.807) is 6.26 Å². The fourth-order valence-corrected chi connectivity index (χ4v) is 2.52. The average molecular weight is 236 g/mol. The van der Waals surface area contributed by atoms with Crippen LogP contribution in [0.15, 0.2) is 22.8 Å². The van der Waals surface area contributed by atoms with E-state index < -0.39 is 0 Å². The summed E-state index contributed by atoms with van der Waals surface area (Å²) in [5.74, 6) is 1.05. The standard InChI is InChI=1S/C14H24N2O/c1-12(10-13-6-3-4-8-15-13)16(2)11-14-7-5-9-17-14/h5,7,9,12-13,15H,3-4,6,8,10-11H2,1-2H3. The lowest BCUT2D eigenvalue weighted by atomic mass is 9.98. The number of hydrogen-bond acceptors (Lipinski definition) is 3. The third kappa shape index (κ3) is 3.86. The summed E-state index contributed by atoms with van der Waals surface area (Å²) in [6.07, 6.45) is 7.03. The van der Waals surface area contributed by atoms with E-state index in [9.17, 15) is 0 Å². The van der Waals surface area contributed by atoms with E-state index in [0.717, 1.165) is 12.3 Å². The number of hydrogen-bond donors (Lipinski definition) is 1. The Morgan fingerprint density at radius 3 is 3.06 bits per heavy atom.